The number of rotatable bonds is 0. The Bertz CT molecular complexity index is 182. The molecule has 5 heteroatoms. The smallest absolute Gasteiger partial charge is 0.229 e. The molecule has 1 aromatic heterocycles. The molecule has 8 heavy (non-hydrogen) atoms. The SMILES string of the molecule is Bc1snc(O)c1P. The molecule has 0 saturated carbocycles. The molecule has 1 rings (SSSR count). The van der Waals surface area contributed by atoms with E-state index in [-0.39, 0.29) is 5.88 Å². The first-order valence-electron chi connectivity index (χ1n) is 2.12. The van der Waals surface area contributed by atoms with Gasteiger partial charge in [-0.15, -0.1) is 0 Å². The molecule has 0 fully saturated rings. The van der Waals surface area contributed by atoms with Crippen molar-refractivity contribution in [1.29, 1.82) is 0 Å². The van der Waals surface area contributed by atoms with Gasteiger partial charge in [0.2, 0.25) is 5.88 Å². The second kappa shape index (κ2) is 2.04. The minimum atomic E-state index is 0.137. The van der Waals surface area contributed by atoms with Gasteiger partial charge in [0.1, 0.15) is 0 Å². The van der Waals surface area contributed by atoms with Crippen molar-refractivity contribution in [3.63, 3.8) is 0 Å². The summed E-state index contributed by atoms with van der Waals surface area (Å²) in [5, 5.41) is 9.63. The average molecular weight is 145 g/mol. The average Bonchev–Trinajstić information content (AvgIpc) is 1.98. The molecular weight excluding hydrogens is 140 g/mol. The summed E-state index contributed by atoms with van der Waals surface area (Å²) in [6.07, 6.45) is 0. The monoisotopic (exact) mass is 145 g/mol. The Morgan fingerprint density at radius 1 is 1.75 bits per heavy atom. The number of hydrogen-bond donors (Lipinski definition) is 1. The van der Waals surface area contributed by atoms with Crippen LogP contribution in [0.3, 0.4) is 0 Å². The van der Waals surface area contributed by atoms with Crippen molar-refractivity contribution in [3.05, 3.63) is 0 Å². The summed E-state index contributed by atoms with van der Waals surface area (Å²) < 4.78 is 4.74. The fourth-order valence-electron chi connectivity index (χ4n) is 0.367. The zero-order valence-electron chi connectivity index (χ0n) is 4.38. The van der Waals surface area contributed by atoms with Gasteiger partial charge in [0.25, 0.3) is 0 Å². The zero-order valence-corrected chi connectivity index (χ0v) is 6.35. The van der Waals surface area contributed by atoms with Crippen LogP contribution in [0.15, 0.2) is 0 Å². The number of nitrogens with zero attached hydrogens (tertiary/aromatic N) is 1. The molecule has 0 aliphatic carbocycles. The maximum absolute atomic E-state index is 8.82. The first-order chi connectivity index (χ1) is 3.72. The van der Waals surface area contributed by atoms with Crippen molar-refractivity contribution >= 4 is 38.7 Å². The summed E-state index contributed by atoms with van der Waals surface area (Å²) in [6.45, 7) is 0. The normalized spacial score (nSPS) is 9.62. The van der Waals surface area contributed by atoms with Gasteiger partial charge in [-0.1, -0.05) is 9.24 Å². The minimum absolute atomic E-state index is 0.137. The van der Waals surface area contributed by atoms with Gasteiger partial charge in [-0.2, -0.15) is 4.37 Å². The van der Waals surface area contributed by atoms with E-state index >= 15 is 0 Å². The van der Waals surface area contributed by atoms with Crippen molar-refractivity contribution in [2.24, 2.45) is 0 Å². The van der Waals surface area contributed by atoms with Crippen molar-refractivity contribution < 1.29 is 5.11 Å². The zero-order chi connectivity index (χ0) is 6.15. The summed E-state index contributed by atoms with van der Waals surface area (Å²) >= 11 is 1.31. The molecule has 1 atom stereocenters. The van der Waals surface area contributed by atoms with Crippen LogP contribution in [0.2, 0.25) is 0 Å². The second-order valence-corrected chi connectivity index (χ2v) is 3.03. The van der Waals surface area contributed by atoms with Crippen LogP contribution in [0.25, 0.3) is 0 Å². The molecule has 0 saturated heterocycles. The fraction of sp³-hybridized carbons (Fsp3) is 0. The van der Waals surface area contributed by atoms with Crippen molar-refractivity contribution in [2.75, 3.05) is 0 Å². The van der Waals surface area contributed by atoms with Crippen molar-refractivity contribution in [1.82, 2.24) is 4.37 Å². The molecule has 2 nitrogen and oxygen atoms in total. The third-order valence-electron chi connectivity index (χ3n) is 0.889. The number of aromatic nitrogens is 1. The molecule has 1 N–H and O–H groups in total. The molecule has 0 aliphatic heterocycles. The molecule has 1 heterocycles. The maximum Gasteiger partial charge on any atom is 0.229 e. The third kappa shape index (κ3) is 0.860. The minimum Gasteiger partial charge on any atom is -0.492 e. The lowest BCUT2D eigenvalue weighted by Crippen LogP contribution is -2.10. The Balaban J connectivity index is 3.19. The third-order valence-corrected chi connectivity index (χ3v) is 2.55. The van der Waals surface area contributed by atoms with Crippen LogP contribution in [-0.2, 0) is 0 Å². The Kier molecular flexibility index (Phi) is 1.54. The van der Waals surface area contributed by atoms with Crippen LogP contribution in [0.1, 0.15) is 0 Å². The van der Waals surface area contributed by atoms with Crippen LogP contribution in [-0.4, -0.2) is 17.3 Å². The van der Waals surface area contributed by atoms with Crippen LogP contribution in [0.5, 0.6) is 5.88 Å². The predicted octanol–water partition coefficient (Wildman–Crippen LogP) is -1.39. The first-order valence-corrected chi connectivity index (χ1v) is 3.47. The largest absolute Gasteiger partial charge is 0.492 e. The van der Waals surface area contributed by atoms with Gasteiger partial charge in [0.05, 0.1) is 0 Å². The summed E-state index contributed by atoms with van der Waals surface area (Å²) in [4.78, 5) is 0. The highest BCUT2D eigenvalue weighted by Crippen LogP contribution is 2.03. The molecule has 0 amide bonds. The van der Waals surface area contributed by atoms with Gasteiger partial charge in [-0.3, -0.25) is 0 Å². The van der Waals surface area contributed by atoms with Crippen LogP contribution < -0.4 is 10.1 Å². The summed E-state index contributed by atoms with van der Waals surface area (Å²) in [6, 6.07) is 0. The topological polar surface area (TPSA) is 33.1 Å². The molecule has 0 aromatic carbocycles. The van der Waals surface area contributed by atoms with E-state index in [1.165, 1.54) is 11.5 Å². The van der Waals surface area contributed by atoms with E-state index in [0.717, 1.165) is 10.1 Å². The highest BCUT2D eigenvalue weighted by molar-refractivity contribution is 7.32. The van der Waals surface area contributed by atoms with Crippen LogP contribution in [0.4, 0.5) is 0 Å². The van der Waals surface area contributed by atoms with Crippen molar-refractivity contribution in [2.45, 2.75) is 0 Å². The van der Waals surface area contributed by atoms with Crippen LogP contribution in [0, 0.1) is 0 Å². The summed E-state index contributed by atoms with van der Waals surface area (Å²) in [7, 11) is 4.35. The Morgan fingerprint density at radius 2 is 2.38 bits per heavy atom. The molecule has 42 valence electrons. The molecule has 1 unspecified atom stereocenters. The molecular formula is C3H5BNOPS. The van der Waals surface area contributed by atoms with E-state index in [1.807, 2.05) is 7.85 Å². The van der Waals surface area contributed by atoms with Gasteiger partial charge >= 0.3 is 0 Å². The summed E-state index contributed by atoms with van der Waals surface area (Å²) in [5.74, 6) is 0.137. The quantitative estimate of drug-likeness (QED) is 0.360. The molecule has 0 aliphatic rings. The van der Waals surface area contributed by atoms with Gasteiger partial charge in [0, 0.05) is 5.30 Å². The fourth-order valence-corrected chi connectivity index (χ4v) is 1.20. The molecule has 0 spiro atoms. The Hall–Kier alpha value is -0.0751. The first kappa shape index (κ1) is 6.05. The van der Waals surface area contributed by atoms with Gasteiger partial charge in [0.15, 0.2) is 7.85 Å². The van der Waals surface area contributed by atoms with Gasteiger partial charge in [-0.05, 0) is 16.3 Å². The van der Waals surface area contributed by atoms with E-state index in [9.17, 15) is 0 Å². The van der Waals surface area contributed by atoms with Gasteiger partial charge in [-0.25, -0.2) is 0 Å². The number of hydrogen-bond acceptors (Lipinski definition) is 3. The van der Waals surface area contributed by atoms with E-state index in [1.54, 1.807) is 0 Å². The Labute approximate surface area is 54.7 Å². The highest BCUT2D eigenvalue weighted by Gasteiger charge is 2.00. The standard InChI is InChI=1S/C3H5BNOPS/c4-2-1(7)3(6)5-8-2/h4,7H2,(H,5,6). The predicted molar refractivity (Wildman–Crippen MR) is 41.3 cm³/mol. The molecule has 0 radical (unpaired) electrons. The van der Waals surface area contributed by atoms with Gasteiger partial charge < -0.3 is 5.11 Å². The maximum atomic E-state index is 8.82. The lowest BCUT2D eigenvalue weighted by Gasteiger charge is -1.82. The van der Waals surface area contributed by atoms with Crippen molar-refractivity contribution in [3.8, 4) is 5.88 Å². The highest BCUT2D eigenvalue weighted by atomic mass is 32.1. The molecule has 1 aromatic rings. The van der Waals surface area contributed by atoms with E-state index in [4.69, 9.17) is 5.11 Å². The lowest BCUT2D eigenvalue weighted by molar-refractivity contribution is 0.464. The second-order valence-electron chi connectivity index (χ2n) is 1.48. The summed E-state index contributed by atoms with van der Waals surface area (Å²) in [5.41, 5.74) is 0. The van der Waals surface area contributed by atoms with Crippen LogP contribution >= 0.6 is 20.8 Å². The lowest BCUT2D eigenvalue weighted by atomic mass is 10.1. The number of aromatic hydroxyl groups is 1. The van der Waals surface area contributed by atoms with E-state index < -0.39 is 0 Å². The Morgan fingerprint density at radius 3 is 2.50 bits per heavy atom. The van der Waals surface area contributed by atoms with E-state index in [2.05, 4.69) is 13.6 Å². The van der Waals surface area contributed by atoms with E-state index in [0.29, 0.717) is 0 Å². The molecule has 0 bridgehead atoms.